The molecule has 0 amide bonds. The summed E-state index contributed by atoms with van der Waals surface area (Å²) in [4.78, 5) is 12.2. The molecule has 16 saturated carbocycles. The molecular formula is C101H182Cl6N4Si2Zr3. The van der Waals surface area contributed by atoms with E-state index in [2.05, 4.69) is 129 Å². The molecule has 668 valence electrons. The summed E-state index contributed by atoms with van der Waals surface area (Å²) in [6.07, 6.45) is 57.4. The number of rotatable bonds is 6. The average Bonchev–Trinajstić information content (AvgIpc) is 1.54. The number of fused-ring (bicyclic) bond motifs is 23. The first-order valence-corrected chi connectivity index (χ1v) is 74.0. The molecule has 40 atom stereocenters. The summed E-state index contributed by atoms with van der Waals surface area (Å²) in [5.74, 6) is 31.2. The third-order valence-corrected chi connectivity index (χ3v) is 52.3. The van der Waals surface area contributed by atoms with Crippen LogP contribution in [0.5, 0.6) is 0 Å². The van der Waals surface area contributed by atoms with Crippen molar-refractivity contribution in [2.75, 3.05) is 28.2 Å². The van der Waals surface area contributed by atoms with Gasteiger partial charge in [0.1, 0.15) is 0 Å². The Morgan fingerprint density at radius 3 is 0.828 bits per heavy atom. The van der Waals surface area contributed by atoms with E-state index in [1.807, 2.05) is 0 Å². The maximum atomic E-state index is 4.93. The Morgan fingerprint density at radius 2 is 0.483 bits per heavy atom. The van der Waals surface area contributed by atoms with Gasteiger partial charge in [-0.15, -0.1) is 0 Å². The van der Waals surface area contributed by atoms with E-state index >= 15 is 0 Å². The summed E-state index contributed by atoms with van der Waals surface area (Å²) in [6, 6.07) is 7.49. The normalized spacial score (nSPS) is 50.0. The molecule has 0 N–H and O–H groups in total. The summed E-state index contributed by atoms with van der Waals surface area (Å²) < 4.78 is 0. The van der Waals surface area contributed by atoms with Crippen LogP contribution in [0.1, 0.15) is 293 Å². The van der Waals surface area contributed by atoms with E-state index in [1.165, 1.54) is 95.4 Å². The van der Waals surface area contributed by atoms with Crippen molar-refractivity contribution in [3.05, 3.63) is 44.6 Å². The Bertz CT molecular complexity index is 2850. The number of nitrogens with zero attached hydrogens (tertiary/aromatic N) is 4. The zero-order valence-electron chi connectivity index (χ0n) is 79.0. The molecule has 0 radical (unpaired) electrons. The number of halogens is 6. The van der Waals surface area contributed by atoms with Crippen LogP contribution in [0.15, 0.2) is 0 Å². The van der Waals surface area contributed by atoms with Gasteiger partial charge < -0.3 is 44.6 Å². The van der Waals surface area contributed by atoms with Crippen LogP contribution in [0.4, 0.5) is 0 Å². The fourth-order valence-electron chi connectivity index (χ4n) is 39.0. The first kappa shape index (κ1) is 104. The molecule has 4 aliphatic heterocycles. The van der Waals surface area contributed by atoms with E-state index in [1.54, 1.807) is 148 Å². The Labute approximate surface area is 780 Å². The molecule has 20 fully saturated rings. The Hall–Kier alpha value is 4.66. The van der Waals surface area contributed by atoms with Gasteiger partial charge in [-0.1, -0.05) is 184 Å². The maximum absolute atomic E-state index is 4.93. The van der Waals surface area contributed by atoms with Crippen LogP contribution in [0, 0.1) is 222 Å². The van der Waals surface area contributed by atoms with Crippen LogP contribution < -0.4 is 0 Å². The molecule has 20 aliphatic rings. The van der Waals surface area contributed by atoms with Gasteiger partial charge in [-0.3, -0.25) is 19.6 Å². The number of likely N-dealkylation sites (tertiary alicyclic amines) is 4. The van der Waals surface area contributed by atoms with Crippen LogP contribution in [-0.2, 0) is 62.5 Å². The van der Waals surface area contributed by atoms with Crippen molar-refractivity contribution in [2.24, 2.45) is 178 Å². The van der Waals surface area contributed by atoms with Crippen LogP contribution in [0.2, 0.25) is 48.4 Å². The van der Waals surface area contributed by atoms with E-state index in [4.69, 9.17) is 51.1 Å². The Balaban J connectivity index is 0.000000185. The summed E-state index contributed by atoms with van der Waals surface area (Å²) in [6.45, 7) is 32.6. The van der Waals surface area contributed by atoms with Crippen molar-refractivity contribution in [3.8, 4) is 0 Å². The second kappa shape index (κ2) is 44.5. The molecular weight excluding hydrogens is 1810 g/mol. The summed E-state index contributed by atoms with van der Waals surface area (Å²) in [5.41, 5.74) is 4.42. The molecule has 4 heterocycles. The van der Waals surface area contributed by atoms with Gasteiger partial charge in [0.2, 0.25) is 0 Å². The number of hydrogen-bond acceptors (Lipinski definition) is 4. The molecule has 40 unspecified atom stereocenters. The van der Waals surface area contributed by atoms with Gasteiger partial charge in [0.25, 0.3) is 0 Å². The quantitative estimate of drug-likeness (QED) is 0.194. The summed E-state index contributed by atoms with van der Waals surface area (Å²) in [5, 5.41) is 0. The van der Waals surface area contributed by atoms with Crippen LogP contribution in [-0.4, -0.2) is 112 Å². The fraction of sp³-hybridized carbons (Fsp3) is 0.941. The second-order valence-electron chi connectivity index (χ2n) is 46.2. The minimum atomic E-state index is -1.41. The van der Waals surface area contributed by atoms with Gasteiger partial charge in [0.15, 0.2) is 0 Å². The van der Waals surface area contributed by atoms with Gasteiger partial charge in [0.05, 0.1) is 16.1 Å². The fourth-order valence-corrected chi connectivity index (χ4v) is 52.0. The first-order valence-electron chi connectivity index (χ1n) is 48.7. The zero-order valence-corrected chi connectivity index (χ0v) is 92.9. The topological polar surface area (TPSA) is 13.0 Å². The summed E-state index contributed by atoms with van der Waals surface area (Å²) >= 11 is -2.48. The molecule has 0 bridgehead atoms. The van der Waals surface area contributed by atoms with Crippen LogP contribution >= 0.6 is 51.1 Å². The van der Waals surface area contributed by atoms with Crippen molar-refractivity contribution in [3.63, 3.8) is 0 Å². The molecule has 0 spiro atoms. The Kier molecular flexibility index (Phi) is 40.0. The average molecular weight is 2000 g/mol. The van der Waals surface area contributed by atoms with Crippen molar-refractivity contribution < 1.29 is 62.5 Å². The second-order valence-corrected chi connectivity index (χ2v) is 67.3. The standard InChI is InChI=1S/C35H58N2.C32H55NSi.C28H51NSi.6CH3.6ClH.3Zr/c1-20-13-15-30-28(17-20)32-24-11-7-5-9-22(24)26(34(32)36(30)3)19-27-23-10-6-8-12-25(23)33-29-18-21(2)14-16-31(29)37(4)35(27)33;1-20-17-18-28-27(19-20)29-23-13-7-10-16-26(23)32(30(29)33(28)2)34(3,4)31-24-14-8-5-11-21(24)22-12-6-9-15-25(22)31;1-16-13-14-24-23(15-16)25-26(29(24)6)21-11-9-10-12-22(21)28(25)30(7,8)27-19(4)17(2)18(3)20(27)5;;;;;;;;;;;;;;;/h20-35H,5-19H2,1-4H3;20-32H,5-19H2,1-4H3;16-28H,9-15H2,1-8H3;6*1H3;6*1H;;;/q;;;6*-1;;;;;;;3*+4/p-6. The molecule has 15 heteroatoms. The van der Waals surface area contributed by atoms with Crippen molar-refractivity contribution in [1.82, 2.24) is 19.6 Å². The monoisotopic (exact) mass is 1990 g/mol. The van der Waals surface area contributed by atoms with Crippen LogP contribution in [0.25, 0.3) is 0 Å². The zero-order chi connectivity index (χ0) is 77.8. The molecule has 16 aliphatic carbocycles. The molecule has 0 aromatic heterocycles. The molecule has 116 heavy (non-hydrogen) atoms. The van der Waals surface area contributed by atoms with Crippen LogP contribution in [0.3, 0.4) is 0 Å². The van der Waals surface area contributed by atoms with Crippen molar-refractivity contribution in [2.45, 2.75) is 390 Å². The number of hydrogen-bond donors (Lipinski definition) is 0. The molecule has 0 aromatic rings. The van der Waals surface area contributed by atoms with Gasteiger partial charge in [-0.05, 0) is 363 Å². The van der Waals surface area contributed by atoms with Crippen molar-refractivity contribution >= 4 is 67.2 Å². The van der Waals surface area contributed by atoms with Gasteiger partial charge in [0, 0.05) is 48.3 Å². The van der Waals surface area contributed by atoms with E-state index in [-0.39, 0.29) is 44.6 Å². The van der Waals surface area contributed by atoms with Crippen molar-refractivity contribution in [1.29, 1.82) is 0 Å². The minimum absolute atomic E-state index is 0. The first-order chi connectivity index (χ1) is 52.9. The third-order valence-electron chi connectivity index (χ3n) is 42.0. The van der Waals surface area contributed by atoms with E-state index in [0.717, 1.165) is 242 Å². The summed E-state index contributed by atoms with van der Waals surface area (Å²) in [7, 11) is 37.2. The van der Waals surface area contributed by atoms with Gasteiger partial charge in [-0.25, -0.2) is 0 Å². The SMILES string of the molecule is CC1CCC2C(C1)C1C(C3CCCCC3C1[Si](C)(C)C1C(C)C(C)C(C)C1C)N2C.CC1CCC2C(C1)C1C3CCCCC3C(CC3C4CCCCC4C4C5CC(C)CCC5N(C)C34)C1N2C.CC1CCC2C(C1)C1C3CCCCC3C([Si](C)(C)C3C4CCCCC4C4CCCCC43)C1N2C.[CH3-].[CH3-].[CH3-].[CH3-].[CH3-].[CH3-].[Cl][Zr+2][Cl].[Cl][Zr+2][Cl].[Cl][Zr+2][Cl]. The molecule has 20 rings (SSSR count). The predicted molar refractivity (Wildman–Crippen MR) is 506 cm³/mol. The van der Waals surface area contributed by atoms with Gasteiger partial charge in [-0.2, -0.15) is 0 Å². The Morgan fingerprint density at radius 1 is 0.241 bits per heavy atom. The van der Waals surface area contributed by atoms with E-state index in [0.29, 0.717) is 0 Å². The van der Waals surface area contributed by atoms with E-state index < -0.39 is 78.7 Å². The predicted octanol–water partition coefficient (Wildman–Crippen LogP) is 30.7. The third kappa shape index (κ3) is 18.9. The molecule has 4 saturated heterocycles. The van der Waals surface area contributed by atoms with E-state index in [9.17, 15) is 0 Å². The molecule has 4 nitrogen and oxygen atoms in total. The van der Waals surface area contributed by atoms with Gasteiger partial charge >= 0.3 is 114 Å². The molecule has 0 aromatic carbocycles.